The molecule has 0 fully saturated rings. The topological polar surface area (TPSA) is 59.8 Å². The van der Waals surface area contributed by atoms with Gasteiger partial charge in [-0.2, -0.15) is 5.10 Å². The van der Waals surface area contributed by atoms with Gasteiger partial charge in [0.05, 0.1) is 23.5 Å². The van der Waals surface area contributed by atoms with Gasteiger partial charge in [0.1, 0.15) is 5.82 Å². The Morgan fingerprint density at radius 3 is 2.48 bits per heavy atom. The lowest BCUT2D eigenvalue weighted by atomic mass is 10.1. The number of aryl methyl sites for hydroxylation is 1. The largest absolute Gasteiger partial charge is 0.345 e. The summed E-state index contributed by atoms with van der Waals surface area (Å²) < 4.78 is 14.8. The third-order valence-corrected chi connectivity index (χ3v) is 4.11. The third kappa shape index (κ3) is 3.57. The second-order valence-corrected chi connectivity index (χ2v) is 5.96. The minimum Gasteiger partial charge on any atom is -0.345 e. The summed E-state index contributed by atoms with van der Waals surface area (Å²) in [7, 11) is 0. The average Bonchev–Trinajstić information content (AvgIpc) is 2.98. The Balaban J connectivity index is 1.78. The van der Waals surface area contributed by atoms with Crippen molar-refractivity contribution in [2.24, 2.45) is 0 Å². The van der Waals surface area contributed by atoms with Crippen LogP contribution in [0.4, 0.5) is 4.39 Å². The standard InChI is InChI=1S/C19H19FN4O/c1-12-4-5-15(10-21-12)19(25)23-13(2)18-11-22-24(14(18)3)17-8-6-16(20)7-9-17/h4-11,13H,1-3H3,(H,23,25). The number of nitrogens with one attached hydrogen (secondary N) is 1. The number of amides is 1. The van der Waals surface area contributed by atoms with Crippen molar-refractivity contribution in [2.45, 2.75) is 26.8 Å². The molecule has 3 rings (SSSR count). The quantitative estimate of drug-likeness (QED) is 0.792. The highest BCUT2D eigenvalue weighted by atomic mass is 19.1. The lowest BCUT2D eigenvalue weighted by molar-refractivity contribution is 0.0939. The molecule has 1 aromatic carbocycles. The Morgan fingerprint density at radius 1 is 1.12 bits per heavy atom. The fraction of sp³-hybridized carbons (Fsp3) is 0.211. The molecule has 2 heterocycles. The number of rotatable bonds is 4. The molecule has 0 saturated heterocycles. The summed E-state index contributed by atoms with van der Waals surface area (Å²) in [4.78, 5) is 16.5. The van der Waals surface area contributed by atoms with Crippen molar-refractivity contribution in [3.8, 4) is 5.69 Å². The van der Waals surface area contributed by atoms with Crippen LogP contribution in [0.2, 0.25) is 0 Å². The van der Waals surface area contributed by atoms with Crippen molar-refractivity contribution in [2.75, 3.05) is 0 Å². The highest BCUT2D eigenvalue weighted by molar-refractivity contribution is 5.94. The van der Waals surface area contributed by atoms with E-state index in [0.717, 1.165) is 22.6 Å². The van der Waals surface area contributed by atoms with Crippen molar-refractivity contribution in [3.05, 3.63) is 77.1 Å². The van der Waals surface area contributed by atoms with Gasteiger partial charge >= 0.3 is 0 Å². The molecule has 1 atom stereocenters. The van der Waals surface area contributed by atoms with E-state index in [9.17, 15) is 9.18 Å². The van der Waals surface area contributed by atoms with Gasteiger partial charge in [-0.25, -0.2) is 9.07 Å². The van der Waals surface area contributed by atoms with Crippen LogP contribution in [0.5, 0.6) is 0 Å². The number of carbonyl (C=O) groups is 1. The van der Waals surface area contributed by atoms with E-state index in [1.54, 1.807) is 41.3 Å². The van der Waals surface area contributed by atoms with E-state index in [0.29, 0.717) is 5.56 Å². The molecule has 5 nitrogen and oxygen atoms in total. The summed E-state index contributed by atoms with van der Waals surface area (Å²) in [6.45, 7) is 5.69. The molecule has 2 aromatic heterocycles. The number of hydrogen-bond acceptors (Lipinski definition) is 3. The molecule has 0 aliphatic heterocycles. The Hall–Kier alpha value is -3.02. The van der Waals surface area contributed by atoms with Crippen LogP contribution in [0.1, 0.15) is 40.3 Å². The zero-order chi connectivity index (χ0) is 18.0. The van der Waals surface area contributed by atoms with Gasteiger partial charge in [0.25, 0.3) is 5.91 Å². The summed E-state index contributed by atoms with van der Waals surface area (Å²) in [5.41, 5.74) is 3.94. The SMILES string of the molecule is Cc1ccc(C(=O)NC(C)c2cnn(-c3ccc(F)cc3)c2C)cn1. The van der Waals surface area contributed by atoms with Crippen LogP contribution in [0.15, 0.2) is 48.8 Å². The van der Waals surface area contributed by atoms with E-state index in [4.69, 9.17) is 0 Å². The molecule has 128 valence electrons. The van der Waals surface area contributed by atoms with E-state index in [2.05, 4.69) is 15.4 Å². The molecule has 1 amide bonds. The Kier molecular flexibility index (Phi) is 4.61. The first-order chi connectivity index (χ1) is 12.0. The van der Waals surface area contributed by atoms with E-state index in [1.165, 1.54) is 12.1 Å². The summed E-state index contributed by atoms with van der Waals surface area (Å²) in [6, 6.07) is 9.46. The number of benzene rings is 1. The van der Waals surface area contributed by atoms with Gasteiger partial charge < -0.3 is 5.32 Å². The molecular formula is C19H19FN4O. The smallest absolute Gasteiger partial charge is 0.253 e. The molecule has 1 N–H and O–H groups in total. The fourth-order valence-electron chi connectivity index (χ4n) is 2.65. The van der Waals surface area contributed by atoms with Crippen LogP contribution in [-0.2, 0) is 0 Å². The lowest BCUT2D eigenvalue weighted by Gasteiger charge is -2.14. The maximum atomic E-state index is 13.1. The molecule has 0 radical (unpaired) electrons. The maximum Gasteiger partial charge on any atom is 0.253 e. The van der Waals surface area contributed by atoms with Crippen LogP contribution in [0.3, 0.4) is 0 Å². The second kappa shape index (κ2) is 6.84. The monoisotopic (exact) mass is 338 g/mol. The average molecular weight is 338 g/mol. The van der Waals surface area contributed by atoms with Gasteiger partial charge in [0.15, 0.2) is 0 Å². The fourth-order valence-corrected chi connectivity index (χ4v) is 2.65. The van der Waals surface area contributed by atoms with Crippen LogP contribution in [-0.4, -0.2) is 20.7 Å². The number of carbonyl (C=O) groups excluding carboxylic acids is 1. The van der Waals surface area contributed by atoms with Crippen LogP contribution in [0, 0.1) is 19.7 Å². The molecular weight excluding hydrogens is 319 g/mol. The molecule has 6 heteroatoms. The van der Waals surface area contributed by atoms with E-state index in [-0.39, 0.29) is 17.8 Å². The Labute approximate surface area is 145 Å². The van der Waals surface area contributed by atoms with E-state index in [1.807, 2.05) is 20.8 Å². The minimum atomic E-state index is -0.291. The molecule has 1 unspecified atom stereocenters. The molecule has 3 aromatic rings. The number of nitrogens with zero attached hydrogens (tertiary/aromatic N) is 3. The molecule has 0 aliphatic carbocycles. The van der Waals surface area contributed by atoms with Gasteiger partial charge in [0.2, 0.25) is 0 Å². The Bertz CT molecular complexity index is 885. The van der Waals surface area contributed by atoms with E-state index >= 15 is 0 Å². The zero-order valence-electron chi connectivity index (χ0n) is 14.3. The molecule has 0 aliphatic rings. The normalized spacial score (nSPS) is 12.0. The van der Waals surface area contributed by atoms with Crippen LogP contribution >= 0.6 is 0 Å². The summed E-state index contributed by atoms with van der Waals surface area (Å²) in [5.74, 6) is -0.477. The van der Waals surface area contributed by atoms with Crippen molar-refractivity contribution < 1.29 is 9.18 Å². The highest BCUT2D eigenvalue weighted by Crippen LogP contribution is 2.20. The highest BCUT2D eigenvalue weighted by Gasteiger charge is 2.17. The maximum absolute atomic E-state index is 13.1. The third-order valence-electron chi connectivity index (χ3n) is 4.11. The van der Waals surface area contributed by atoms with Crippen molar-refractivity contribution in [3.63, 3.8) is 0 Å². The number of halogens is 1. The first kappa shape index (κ1) is 16.8. The number of pyridine rings is 1. The first-order valence-electron chi connectivity index (χ1n) is 7.99. The minimum absolute atomic E-state index is 0.186. The van der Waals surface area contributed by atoms with Crippen LogP contribution in [0.25, 0.3) is 5.69 Å². The number of aromatic nitrogens is 3. The molecule has 0 spiro atoms. The summed E-state index contributed by atoms with van der Waals surface area (Å²) in [5, 5.41) is 7.31. The van der Waals surface area contributed by atoms with Crippen molar-refractivity contribution in [1.82, 2.24) is 20.1 Å². The number of hydrogen-bond donors (Lipinski definition) is 1. The predicted molar refractivity (Wildman–Crippen MR) is 93.1 cm³/mol. The predicted octanol–water partition coefficient (Wildman–Crippen LogP) is 3.51. The molecule has 0 saturated carbocycles. The van der Waals surface area contributed by atoms with Crippen LogP contribution < -0.4 is 5.32 Å². The summed E-state index contributed by atoms with van der Waals surface area (Å²) in [6.07, 6.45) is 3.28. The van der Waals surface area contributed by atoms with E-state index < -0.39 is 0 Å². The van der Waals surface area contributed by atoms with Gasteiger partial charge in [0, 0.05) is 23.1 Å². The lowest BCUT2D eigenvalue weighted by Crippen LogP contribution is -2.27. The van der Waals surface area contributed by atoms with Crippen molar-refractivity contribution in [1.29, 1.82) is 0 Å². The van der Waals surface area contributed by atoms with Crippen molar-refractivity contribution >= 4 is 5.91 Å². The zero-order valence-corrected chi connectivity index (χ0v) is 14.3. The van der Waals surface area contributed by atoms with Gasteiger partial charge in [-0.05, 0) is 57.2 Å². The Morgan fingerprint density at radius 2 is 1.84 bits per heavy atom. The molecule has 25 heavy (non-hydrogen) atoms. The summed E-state index contributed by atoms with van der Waals surface area (Å²) >= 11 is 0. The van der Waals surface area contributed by atoms with Gasteiger partial charge in [-0.15, -0.1) is 0 Å². The second-order valence-electron chi connectivity index (χ2n) is 5.96. The molecule has 0 bridgehead atoms. The first-order valence-corrected chi connectivity index (χ1v) is 7.99. The van der Waals surface area contributed by atoms with Gasteiger partial charge in [-0.3, -0.25) is 9.78 Å². The van der Waals surface area contributed by atoms with Gasteiger partial charge in [-0.1, -0.05) is 0 Å².